The van der Waals surface area contributed by atoms with Crippen molar-refractivity contribution in [2.24, 2.45) is 17.0 Å². The van der Waals surface area contributed by atoms with E-state index in [1.165, 1.54) is 11.8 Å². The first-order valence-corrected chi connectivity index (χ1v) is 10.6. The van der Waals surface area contributed by atoms with Gasteiger partial charge in [0.2, 0.25) is 0 Å². The Morgan fingerprint density at radius 2 is 1.96 bits per heavy atom. The van der Waals surface area contributed by atoms with Crippen LogP contribution in [0.5, 0.6) is 0 Å². The zero-order valence-corrected chi connectivity index (χ0v) is 17.2. The molecule has 146 valence electrons. The number of rotatable bonds is 8. The van der Waals surface area contributed by atoms with Gasteiger partial charge in [-0.05, 0) is 36.6 Å². The van der Waals surface area contributed by atoms with Crippen LogP contribution in [0, 0.1) is 11.8 Å². The first kappa shape index (κ1) is 21.2. The molecule has 2 rings (SSSR count). The maximum absolute atomic E-state index is 12.9. The average molecular weight is 390 g/mol. The molecule has 5 nitrogen and oxygen atoms in total. The minimum Gasteiger partial charge on any atom is -0.427 e. The highest BCUT2D eigenvalue weighted by atomic mass is 32.2. The summed E-state index contributed by atoms with van der Waals surface area (Å²) in [6.45, 7) is 6.07. The zero-order valence-electron chi connectivity index (χ0n) is 16.4. The van der Waals surface area contributed by atoms with Gasteiger partial charge in [0.15, 0.2) is 11.7 Å². The summed E-state index contributed by atoms with van der Waals surface area (Å²) in [5.41, 5.74) is 1.39. The topological polar surface area (TPSA) is 65.0 Å². The summed E-state index contributed by atoms with van der Waals surface area (Å²) in [5.74, 6) is 0.775. The predicted octanol–water partition coefficient (Wildman–Crippen LogP) is 4.84. The van der Waals surface area contributed by atoms with E-state index in [-0.39, 0.29) is 11.7 Å². The molecule has 0 aromatic heterocycles. The summed E-state index contributed by atoms with van der Waals surface area (Å²) < 4.78 is 5.71. The van der Waals surface area contributed by atoms with Crippen molar-refractivity contribution in [3.8, 4) is 0 Å². The number of carbonyl (C=O) groups is 2. The predicted molar refractivity (Wildman–Crippen MR) is 109 cm³/mol. The summed E-state index contributed by atoms with van der Waals surface area (Å²) in [6, 6.07) is 8.80. The van der Waals surface area contributed by atoms with Crippen molar-refractivity contribution < 1.29 is 19.2 Å². The number of hydrogen-bond acceptors (Lipinski definition) is 6. The van der Waals surface area contributed by atoms with Crippen LogP contribution in [-0.4, -0.2) is 29.7 Å². The second-order valence-corrected chi connectivity index (χ2v) is 7.63. The van der Waals surface area contributed by atoms with Gasteiger partial charge in [0.25, 0.3) is 0 Å². The van der Waals surface area contributed by atoms with Gasteiger partial charge in [-0.15, -0.1) is 11.8 Å². The molecule has 0 saturated carbocycles. The molecule has 0 radical (unpaired) electrons. The van der Waals surface area contributed by atoms with Crippen LogP contribution >= 0.6 is 11.8 Å². The van der Waals surface area contributed by atoms with Crippen molar-refractivity contribution in [1.29, 1.82) is 0 Å². The lowest BCUT2D eigenvalue weighted by molar-refractivity contribution is -0.117. The summed E-state index contributed by atoms with van der Waals surface area (Å²) in [7, 11) is 0. The highest BCUT2D eigenvalue weighted by molar-refractivity contribution is 7.98. The molecule has 1 aliphatic carbocycles. The molecule has 1 aliphatic rings. The fourth-order valence-electron chi connectivity index (χ4n) is 2.98. The number of allylic oxidation sites excluding steroid dienone is 2. The Balaban J connectivity index is 2.39. The molecule has 0 fully saturated rings. The minimum absolute atomic E-state index is 0.0378. The maximum Gasteiger partial charge on any atom is 0.343 e. The second kappa shape index (κ2) is 10.3. The van der Waals surface area contributed by atoms with E-state index >= 15 is 0 Å². The Bertz CT molecular complexity index is 725. The van der Waals surface area contributed by atoms with Gasteiger partial charge in [-0.1, -0.05) is 44.1 Å². The van der Waals surface area contributed by atoms with Gasteiger partial charge in [0.05, 0.1) is 16.8 Å². The third kappa shape index (κ3) is 5.70. The summed E-state index contributed by atoms with van der Waals surface area (Å²) in [6.07, 6.45) is 3.40. The number of carbonyl (C=O) groups excluding carboxylic acids is 2. The Morgan fingerprint density at radius 3 is 2.56 bits per heavy atom. The van der Waals surface area contributed by atoms with Gasteiger partial charge in [-0.2, -0.15) is 0 Å². The Kier molecular flexibility index (Phi) is 8.10. The molecule has 0 amide bonds. The van der Waals surface area contributed by atoms with E-state index in [1.54, 1.807) is 24.3 Å². The van der Waals surface area contributed by atoms with Crippen molar-refractivity contribution in [2.75, 3.05) is 12.2 Å². The number of esters is 1. The van der Waals surface area contributed by atoms with E-state index in [0.717, 1.165) is 0 Å². The standard InChI is InChI=1S/C21H27NO4S/c1-5-17(22-25-13-27-4)20-18(23)11-16(14(2)3)12-19(20)26-21(24)15-9-7-6-8-10-15/h6-10,14,16H,5,11-13H2,1-4H3/b22-17-. The molecule has 0 N–H and O–H groups in total. The third-order valence-corrected chi connectivity index (χ3v) is 4.93. The largest absolute Gasteiger partial charge is 0.427 e. The zero-order chi connectivity index (χ0) is 19.8. The van der Waals surface area contributed by atoms with Gasteiger partial charge in [-0.25, -0.2) is 4.79 Å². The molecular weight excluding hydrogens is 362 g/mol. The second-order valence-electron chi connectivity index (χ2n) is 6.82. The third-order valence-electron chi connectivity index (χ3n) is 4.59. The quantitative estimate of drug-likeness (QED) is 0.209. The van der Waals surface area contributed by atoms with Crippen molar-refractivity contribution in [2.45, 2.75) is 40.0 Å². The van der Waals surface area contributed by atoms with E-state index < -0.39 is 5.97 Å². The monoisotopic (exact) mass is 389 g/mol. The Morgan fingerprint density at radius 1 is 1.26 bits per heavy atom. The van der Waals surface area contributed by atoms with E-state index in [4.69, 9.17) is 9.57 Å². The molecule has 1 aromatic rings. The first-order valence-electron chi connectivity index (χ1n) is 9.19. The summed E-state index contributed by atoms with van der Waals surface area (Å²) >= 11 is 1.50. The van der Waals surface area contributed by atoms with Crippen molar-refractivity contribution in [1.82, 2.24) is 0 Å². The molecule has 0 heterocycles. The van der Waals surface area contributed by atoms with Gasteiger partial charge in [0.1, 0.15) is 5.76 Å². The molecule has 1 unspecified atom stereocenters. The number of hydrogen-bond donors (Lipinski definition) is 0. The first-order chi connectivity index (χ1) is 13.0. The molecule has 0 aliphatic heterocycles. The molecule has 0 saturated heterocycles. The molecule has 27 heavy (non-hydrogen) atoms. The van der Waals surface area contributed by atoms with Crippen molar-refractivity contribution in [3.05, 3.63) is 47.2 Å². The summed E-state index contributed by atoms with van der Waals surface area (Å²) in [5, 5.41) is 4.13. The van der Waals surface area contributed by atoms with E-state index in [0.29, 0.717) is 53.7 Å². The van der Waals surface area contributed by atoms with Crippen molar-refractivity contribution in [3.63, 3.8) is 0 Å². The Hall–Kier alpha value is -2.08. The highest BCUT2D eigenvalue weighted by Crippen LogP contribution is 2.34. The van der Waals surface area contributed by atoms with Crippen molar-refractivity contribution >= 4 is 29.2 Å². The minimum atomic E-state index is -0.458. The average Bonchev–Trinajstić information content (AvgIpc) is 2.66. The van der Waals surface area contributed by atoms with Crippen LogP contribution in [0.1, 0.15) is 50.4 Å². The maximum atomic E-state index is 12.9. The number of ketones is 1. The number of thioether (sulfide) groups is 1. The van der Waals surface area contributed by atoms with Crippen LogP contribution in [0.4, 0.5) is 0 Å². The molecular formula is C21H27NO4S. The Labute approximate surface area is 165 Å². The van der Waals surface area contributed by atoms with E-state index in [2.05, 4.69) is 19.0 Å². The SMILES string of the molecule is CC/C(=N/OCSC)C1=C(OC(=O)c2ccccc2)CC(C(C)C)CC1=O. The molecule has 1 aromatic carbocycles. The number of oxime groups is 1. The molecule has 0 bridgehead atoms. The van der Waals surface area contributed by atoms with Crippen LogP contribution in [0.3, 0.4) is 0 Å². The van der Waals surface area contributed by atoms with Crippen LogP contribution in [0.15, 0.2) is 46.8 Å². The van der Waals surface area contributed by atoms with Gasteiger partial charge < -0.3 is 9.57 Å². The fourth-order valence-corrected chi connectivity index (χ4v) is 3.14. The van der Waals surface area contributed by atoms with E-state index in [1.807, 2.05) is 19.2 Å². The lowest BCUT2D eigenvalue weighted by Crippen LogP contribution is -2.28. The van der Waals surface area contributed by atoms with Gasteiger partial charge in [-0.3, -0.25) is 4.79 Å². The lowest BCUT2D eigenvalue weighted by atomic mass is 9.79. The molecule has 6 heteroatoms. The van der Waals surface area contributed by atoms with Crippen LogP contribution in [0.25, 0.3) is 0 Å². The molecule has 1 atom stereocenters. The highest BCUT2D eigenvalue weighted by Gasteiger charge is 2.34. The van der Waals surface area contributed by atoms with E-state index in [9.17, 15) is 9.59 Å². The number of nitrogens with zero attached hydrogens (tertiary/aromatic N) is 1. The fraction of sp³-hybridized carbons (Fsp3) is 0.476. The molecule has 0 spiro atoms. The number of benzene rings is 1. The van der Waals surface area contributed by atoms with Gasteiger partial charge >= 0.3 is 5.97 Å². The number of Topliss-reactive ketones (excluding diaryl/α,β-unsaturated/α-hetero) is 1. The lowest BCUT2D eigenvalue weighted by Gasteiger charge is -2.28. The van der Waals surface area contributed by atoms with Crippen LogP contribution < -0.4 is 0 Å². The van der Waals surface area contributed by atoms with Gasteiger partial charge in [0, 0.05) is 12.8 Å². The summed E-state index contributed by atoms with van der Waals surface area (Å²) in [4.78, 5) is 30.7. The normalized spacial score (nSPS) is 18.0. The van der Waals surface area contributed by atoms with Crippen LogP contribution in [-0.2, 0) is 14.4 Å². The smallest absolute Gasteiger partial charge is 0.343 e. The number of ether oxygens (including phenoxy) is 1. The van der Waals surface area contributed by atoms with Crippen LogP contribution in [0.2, 0.25) is 0 Å².